The van der Waals surface area contributed by atoms with Gasteiger partial charge in [0, 0.05) is 45.5 Å². The zero-order valence-corrected chi connectivity index (χ0v) is 24.7. The summed E-state index contributed by atoms with van der Waals surface area (Å²) in [6.45, 7) is 5.48. The largest absolute Gasteiger partial charge is 0.491 e. The molecule has 0 aliphatic carbocycles. The fourth-order valence-corrected chi connectivity index (χ4v) is 5.08. The van der Waals surface area contributed by atoms with E-state index in [1.54, 1.807) is 49.4 Å². The fourth-order valence-electron chi connectivity index (χ4n) is 5.08. The Bertz CT molecular complexity index is 1470. The topological polar surface area (TPSA) is 120 Å². The molecular formula is C32H37FN4O6. The van der Waals surface area contributed by atoms with Crippen LogP contribution in [0.2, 0.25) is 0 Å². The number of anilines is 2. The van der Waals surface area contributed by atoms with Gasteiger partial charge in [-0.1, -0.05) is 37.3 Å². The van der Waals surface area contributed by atoms with E-state index in [0.717, 1.165) is 0 Å². The van der Waals surface area contributed by atoms with Crippen LogP contribution in [-0.2, 0) is 11.3 Å². The number of carbonyl (C=O) groups excluding carboxylic acids is 2. The highest BCUT2D eigenvalue weighted by Gasteiger charge is 2.29. The van der Waals surface area contributed by atoms with Crippen molar-refractivity contribution >= 4 is 29.3 Å². The molecule has 3 N–H and O–H groups in total. The third-order valence-electron chi connectivity index (χ3n) is 7.57. The highest BCUT2D eigenvalue weighted by molar-refractivity contribution is 6.02. The lowest BCUT2D eigenvalue weighted by atomic mass is 10.00. The number of benzene rings is 3. The number of fused-ring (bicyclic) bond motifs is 1. The molecule has 10 nitrogen and oxygen atoms in total. The maximum atomic E-state index is 14.0. The average Bonchev–Trinajstić information content (AvgIpc) is 2.98. The number of likely N-dealkylation sites (N-methyl/N-ethyl adjacent to an activating group) is 1. The van der Waals surface area contributed by atoms with Crippen molar-refractivity contribution in [2.24, 2.45) is 5.92 Å². The third kappa shape index (κ3) is 7.88. The number of nitrogens with zero attached hydrogens (tertiary/aromatic N) is 2. The average molecular weight is 593 g/mol. The maximum Gasteiger partial charge on any atom is 0.336 e. The van der Waals surface area contributed by atoms with Crippen LogP contribution < -0.4 is 15.4 Å². The van der Waals surface area contributed by atoms with Gasteiger partial charge < -0.3 is 30.1 Å². The molecule has 0 fully saturated rings. The number of carboxylic acids is 1. The summed E-state index contributed by atoms with van der Waals surface area (Å²) >= 11 is 0. The number of amides is 3. The second kappa shape index (κ2) is 14.1. The molecule has 1 aliphatic heterocycles. The number of nitrogens with one attached hydrogen (secondary N) is 2. The van der Waals surface area contributed by atoms with Gasteiger partial charge in [-0.25, -0.2) is 14.0 Å². The van der Waals surface area contributed by atoms with Crippen LogP contribution in [0.15, 0.2) is 66.7 Å². The van der Waals surface area contributed by atoms with E-state index in [2.05, 4.69) is 15.5 Å². The van der Waals surface area contributed by atoms with Crippen LogP contribution in [0.4, 0.5) is 20.6 Å². The molecule has 43 heavy (non-hydrogen) atoms. The highest BCUT2D eigenvalue weighted by Crippen LogP contribution is 2.27. The quantitative estimate of drug-likeness (QED) is 0.361. The van der Waals surface area contributed by atoms with Crippen LogP contribution in [0.5, 0.6) is 5.75 Å². The van der Waals surface area contributed by atoms with Crippen LogP contribution in [-0.4, -0.2) is 78.8 Å². The van der Waals surface area contributed by atoms with Crippen molar-refractivity contribution in [3.05, 3.63) is 89.2 Å². The van der Waals surface area contributed by atoms with Crippen molar-refractivity contribution in [3.63, 3.8) is 0 Å². The lowest BCUT2D eigenvalue weighted by Crippen LogP contribution is -2.46. The van der Waals surface area contributed by atoms with Gasteiger partial charge in [-0.2, -0.15) is 0 Å². The molecule has 3 aromatic rings. The van der Waals surface area contributed by atoms with Crippen LogP contribution >= 0.6 is 0 Å². The molecule has 0 radical (unpaired) electrons. The molecule has 3 atom stereocenters. The van der Waals surface area contributed by atoms with Crippen LogP contribution in [0.3, 0.4) is 0 Å². The molecule has 3 amide bonds. The Morgan fingerprint density at radius 2 is 1.77 bits per heavy atom. The summed E-state index contributed by atoms with van der Waals surface area (Å²) in [5.74, 6) is -1.57. The van der Waals surface area contributed by atoms with Gasteiger partial charge in [0.25, 0.3) is 5.91 Å². The second-order valence-electron chi connectivity index (χ2n) is 10.8. The number of rotatable bonds is 6. The summed E-state index contributed by atoms with van der Waals surface area (Å²) in [6, 6.07) is 16.6. The Morgan fingerprint density at radius 1 is 1.05 bits per heavy atom. The summed E-state index contributed by atoms with van der Waals surface area (Å²) in [4.78, 5) is 41.8. The summed E-state index contributed by atoms with van der Waals surface area (Å²) in [5, 5.41) is 14.8. The van der Waals surface area contributed by atoms with Crippen LogP contribution in [0.1, 0.15) is 40.1 Å². The first kappa shape index (κ1) is 31.5. The zero-order valence-electron chi connectivity index (χ0n) is 24.7. The third-order valence-corrected chi connectivity index (χ3v) is 7.57. The van der Waals surface area contributed by atoms with E-state index in [0.29, 0.717) is 30.1 Å². The van der Waals surface area contributed by atoms with Crippen molar-refractivity contribution in [3.8, 4) is 5.75 Å². The van der Waals surface area contributed by atoms with Gasteiger partial charge in [0.05, 0.1) is 22.9 Å². The number of hydrogen-bond acceptors (Lipinski definition) is 6. The zero-order chi connectivity index (χ0) is 31.1. The number of halogens is 1. The summed E-state index contributed by atoms with van der Waals surface area (Å²) in [5.41, 5.74) is 1.51. The number of carboxylic acid groups (broad SMARTS) is 1. The van der Waals surface area contributed by atoms with E-state index in [9.17, 15) is 23.9 Å². The minimum absolute atomic E-state index is 0.0198. The fraction of sp³-hybridized carbons (Fsp3) is 0.344. The normalized spacial score (nSPS) is 19.8. The van der Waals surface area contributed by atoms with Crippen LogP contribution in [0, 0.1) is 11.7 Å². The number of aromatic carboxylic acids is 1. The van der Waals surface area contributed by atoms with Gasteiger partial charge in [0.15, 0.2) is 0 Å². The van der Waals surface area contributed by atoms with Gasteiger partial charge in [-0.3, -0.25) is 9.69 Å². The number of para-hydroxylation sites is 1. The van der Waals surface area contributed by atoms with Crippen molar-refractivity contribution in [2.75, 3.05) is 44.5 Å². The first-order valence-electron chi connectivity index (χ1n) is 14.0. The van der Waals surface area contributed by atoms with E-state index in [1.807, 2.05) is 26.0 Å². The van der Waals surface area contributed by atoms with Gasteiger partial charge >= 0.3 is 12.0 Å². The van der Waals surface area contributed by atoms with E-state index in [4.69, 9.17) is 9.47 Å². The predicted octanol–water partition coefficient (Wildman–Crippen LogP) is 5.17. The number of hydrogen-bond donors (Lipinski definition) is 3. The highest BCUT2D eigenvalue weighted by atomic mass is 19.1. The molecule has 11 heteroatoms. The van der Waals surface area contributed by atoms with Gasteiger partial charge in [-0.05, 0) is 54.8 Å². The Labute approximate surface area is 250 Å². The minimum atomic E-state index is -0.988. The molecule has 4 rings (SSSR count). The molecular weight excluding hydrogens is 555 g/mol. The maximum absolute atomic E-state index is 14.0. The lowest BCUT2D eigenvalue weighted by molar-refractivity contribution is 0.00915. The summed E-state index contributed by atoms with van der Waals surface area (Å²) in [7, 11) is 3.28. The number of urea groups is 1. The van der Waals surface area contributed by atoms with E-state index < -0.39 is 17.8 Å². The Kier molecular flexibility index (Phi) is 10.3. The second-order valence-corrected chi connectivity index (χ2v) is 10.8. The smallest absolute Gasteiger partial charge is 0.336 e. The molecule has 1 aliphatic rings. The SMILES string of the molecule is CO[C@@H]1CN(C)C(=O)c2cc(NC(=O)Nc3ccccc3F)ccc2OC[C@@H](C)N(Cc2ccccc2C(=O)O)C[C@@H]1C. The number of methoxy groups -OCH3 is 1. The predicted molar refractivity (Wildman–Crippen MR) is 161 cm³/mol. The first-order valence-corrected chi connectivity index (χ1v) is 14.0. The Balaban J connectivity index is 1.61. The Hall–Kier alpha value is -4.48. The van der Waals surface area contributed by atoms with Crippen molar-refractivity contribution in [1.82, 2.24) is 9.80 Å². The molecule has 0 spiro atoms. The standard InChI is InChI=1S/C32H37FN4O6/c1-20-16-37(17-22-9-5-6-10-24(22)31(39)40)21(2)19-43-28-14-13-23(15-25(28)30(38)36(3)18-29(20)42-4)34-32(41)35-27-12-8-7-11-26(27)33/h5-15,20-21,29H,16-19H2,1-4H3,(H,39,40)(H2,34,35,41)/t20-,21+,29+/m0/s1. The van der Waals surface area contributed by atoms with Crippen molar-refractivity contribution < 1.29 is 33.4 Å². The number of ether oxygens (including phenoxy) is 2. The van der Waals surface area contributed by atoms with Crippen molar-refractivity contribution in [2.45, 2.75) is 32.5 Å². The molecule has 0 saturated heterocycles. The summed E-state index contributed by atoms with van der Waals surface area (Å²) in [6.07, 6.45) is -0.310. The molecule has 0 aromatic heterocycles. The monoisotopic (exact) mass is 592 g/mol. The molecule has 0 bridgehead atoms. The molecule has 228 valence electrons. The molecule has 0 saturated carbocycles. The number of carbonyl (C=O) groups is 3. The minimum Gasteiger partial charge on any atom is -0.491 e. The Morgan fingerprint density at radius 3 is 2.49 bits per heavy atom. The first-order chi connectivity index (χ1) is 20.6. The molecule has 1 heterocycles. The van der Waals surface area contributed by atoms with E-state index in [1.165, 1.54) is 24.3 Å². The van der Waals surface area contributed by atoms with Crippen LogP contribution in [0.25, 0.3) is 0 Å². The van der Waals surface area contributed by atoms with E-state index >= 15 is 0 Å². The molecule has 3 aromatic carbocycles. The van der Waals surface area contributed by atoms with E-state index in [-0.39, 0.29) is 53.9 Å². The summed E-state index contributed by atoms with van der Waals surface area (Å²) < 4.78 is 26.0. The van der Waals surface area contributed by atoms with Gasteiger partial charge in [0.2, 0.25) is 0 Å². The lowest BCUT2D eigenvalue weighted by Gasteiger charge is -2.36. The molecule has 0 unspecified atom stereocenters. The van der Waals surface area contributed by atoms with Gasteiger partial charge in [0.1, 0.15) is 18.2 Å². The van der Waals surface area contributed by atoms with Gasteiger partial charge in [-0.15, -0.1) is 0 Å². The van der Waals surface area contributed by atoms with Crippen molar-refractivity contribution in [1.29, 1.82) is 0 Å².